The van der Waals surface area contributed by atoms with Crippen molar-refractivity contribution in [2.45, 2.75) is 19.4 Å². The lowest BCUT2D eigenvalue weighted by Crippen LogP contribution is -2.45. The third kappa shape index (κ3) is 4.89. The highest BCUT2D eigenvalue weighted by molar-refractivity contribution is 5.94. The fourth-order valence-corrected chi connectivity index (χ4v) is 1.21. The first-order valence-electron chi connectivity index (χ1n) is 5.24. The van der Waals surface area contributed by atoms with Gasteiger partial charge in [-0.3, -0.25) is 4.79 Å². The minimum absolute atomic E-state index is 0. The molecule has 0 atom stereocenters. The van der Waals surface area contributed by atoms with Gasteiger partial charge >= 0.3 is 0 Å². The van der Waals surface area contributed by atoms with Crippen molar-refractivity contribution < 1.29 is 13.9 Å². The van der Waals surface area contributed by atoms with Crippen LogP contribution in [0.5, 0.6) is 5.75 Å². The summed E-state index contributed by atoms with van der Waals surface area (Å²) >= 11 is 0. The third-order valence-corrected chi connectivity index (χ3v) is 2.13. The lowest BCUT2D eigenvalue weighted by atomic mass is 10.1. The first-order chi connectivity index (χ1) is 7.83. The zero-order valence-corrected chi connectivity index (χ0v) is 11.4. The highest BCUT2D eigenvalue weighted by atomic mass is 35.5. The summed E-state index contributed by atoms with van der Waals surface area (Å²) in [5, 5.41) is 2.57. The number of amides is 1. The van der Waals surface area contributed by atoms with Crippen LogP contribution in [-0.2, 0) is 0 Å². The minimum Gasteiger partial charge on any atom is -0.497 e. The van der Waals surface area contributed by atoms with Crippen LogP contribution in [0.25, 0.3) is 0 Å². The number of halogens is 2. The monoisotopic (exact) mass is 276 g/mol. The van der Waals surface area contributed by atoms with Gasteiger partial charge in [0.05, 0.1) is 12.7 Å². The van der Waals surface area contributed by atoms with Gasteiger partial charge < -0.3 is 15.8 Å². The zero-order chi connectivity index (χ0) is 13.1. The van der Waals surface area contributed by atoms with Gasteiger partial charge in [0, 0.05) is 18.2 Å². The van der Waals surface area contributed by atoms with E-state index in [2.05, 4.69) is 5.32 Å². The predicted octanol–water partition coefficient (Wildman–Crippen LogP) is 1.72. The highest BCUT2D eigenvalue weighted by Crippen LogP contribution is 2.16. The molecule has 0 radical (unpaired) electrons. The second-order valence-electron chi connectivity index (χ2n) is 4.52. The fourth-order valence-electron chi connectivity index (χ4n) is 1.21. The van der Waals surface area contributed by atoms with Gasteiger partial charge in [-0.1, -0.05) is 0 Å². The molecule has 6 heteroatoms. The van der Waals surface area contributed by atoms with Gasteiger partial charge in [-0.15, -0.1) is 12.4 Å². The van der Waals surface area contributed by atoms with E-state index in [0.29, 0.717) is 5.75 Å². The summed E-state index contributed by atoms with van der Waals surface area (Å²) in [4.78, 5) is 11.7. The molecule has 0 aliphatic heterocycles. The summed E-state index contributed by atoms with van der Waals surface area (Å²) in [6, 6.07) is 4.08. The molecule has 102 valence electrons. The van der Waals surface area contributed by atoms with E-state index in [1.165, 1.54) is 25.3 Å². The Morgan fingerprint density at radius 3 is 2.56 bits per heavy atom. The highest BCUT2D eigenvalue weighted by Gasteiger charge is 2.16. The van der Waals surface area contributed by atoms with E-state index in [0.717, 1.165) is 0 Å². The van der Waals surface area contributed by atoms with Gasteiger partial charge in [-0.05, 0) is 26.0 Å². The maximum absolute atomic E-state index is 13.5. The largest absolute Gasteiger partial charge is 0.497 e. The van der Waals surface area contributed by atoms with Gasteiger partial charge in [0.25, 0.3) is 5.91 Å². The van der Waals surface area contributed by atoms with Crippen LogP contribution >= 0.6 is 12.4 Å². The Morgan fingerprint density at radius 1 is 1.50 bits per heavy atom. The molecule has 4 nitrogen and oxygen atoms in total. The van der Waals surface area contributed by atoms with Crippen LogP contribution in [0.15, 0.2) is 18.2 Å². The van der Waals surface area contributed by atoms with Crippen molar-refractivity contribution in [3.8, 4) is 5.75 Å². The van der Waals surface area contributed by atoms with Crippen LogP contribution in [0.2, 0.25) is 0 Å². The summed E-state index contributed by atoms with van der Waals surface area (Å²) in [6.07, 6.45) is 0. The number of carbonyl (C=O) groups excluding carboxylic acids is 1. The van der Waals surface area contributed by atoms with E-state index in [-0.39, 0.29) is 24.5 Å². The Morgan fingerprint density at radius 2 is 2.11 bits per heavy atom. The van der Waals surface area contributed by atoms with Crippen LogP contribution in [0.1, 0.15) is 24.2 Å². The summed E-state index contributed by atoms with van der Waals surface area (Å²) in [5.74, 6) is -0.724. The Labute approximate surface area is 112 Å². The maximum atomic E-state index is 13.5. The normalized spacial score (nSPS) is 10.5. The van der Waals surface area contributed by atoms with Crippen LogP contribution < -0.4 is 15.8 Å². The van der Waals surface area contributed by atoms with E-state index < -0.39 is 17.3 Å². The summed E-state index contributed by atoms with van der Waals surface area (Å²) < 4.78 is 18.4. The molecule has 18 heavy (non-hydrogen) atoms. The molecular weight excluding hydrogens is 259 g/mol. The summed E-state index contributed by atoms with van der Waals surface area (Å²) in [7, 11) is 1.44. The van der Waals surface area contributed by atoms with Crippen LogP contribution in [0.4, 0.5) is 4.39 Å². The lowest BCUT2D eigenvalue weighted by Gasteiger charge is -2.19. The molecule has 1 rings (SSSR count). The number of hydrogen-bond donors (Lipinski definition) is 2. The second kappa shape index (κ2) is 6.56. The fraction of sp³-hybridized carbons (Fsp3) is 0.417. The van der Waals surface area contributed by atoms with Crippen molar-refractivity contribution in [2.75, 3.05) is 13.7 Å². The molecule has 1 aromatic rings. The standard InChI is InChI=1S/C12H17FN2O2.ClH/c1-12(2,14)7-15-11(16)9-5-4-8(17-3)6-10(9)13;/h4-6H,7,14H2,1-3H3,(H,15,16);1H. The summed E-state index contributed by atoms with van der Waals surface area (Å²) in [5.41, 5.74) is 5.17. The molecule has 0 aliphatic rings. The predicted molar refractivity (Wildman–Crippen MR) is 70.8 cm³/mol. The quantitative estimate of drug-likeness (QED) is 0.880. The average molecular weight is 277 g/mol. The van der Waals surface area contributed by atoms with E-state index in [4.69, 9.17) is 10.5 Å². The van der Waals surface area contributed by atoms with Gasteiger partial charge in [0.1, 0.15) is 11.6 Å². The Hall–Kier alpha value is -1.33. The van der Waals surface area contributed by atoms with E-state index in [9.17, 15) is 9.18 Å². The molecule has 1 aromatic carbocycles. The lowest BCUT2D eigenvalue weighted by molar-refractivity contribution is 0.0942. The van der Waals surface area contributed by atoms with Crippen LogP contribution in [0.3, 0.4) is 0 Å². The number of hydrogen-bond acceptors (Lipinski definition) is 3. The van der Waals surface area contributed by atoms with E-state index >= 15 is 0 Å². The van der Waals surface area contributed by atoms with Crippen molar-refractivity contribution in [2.24, 2.45) is 5.73 Å². The Bertz CT molecular complexity index is 419. The first kappa shape index (κ1) is 16.7. The molecule has 0 fully saturated rings. The van der Waals surface area contributed by atoms with E-state index in [1.807, 2.05) is 0 Å². The topological polar surface area (TPSA) is 64.3 Å². The van der Waals surface area contributed by atoms with Crippen LogP contribution in [0, 0.1) is 5.82 Å². The maximum Gasteiger partial charge on any atom is 0.254 e. The molecule has 0 unspecified atom stereocenters. The second-order valence-corrected chi connectivity index (χ2v) is 4.52. The molecule has 0 bridgehead atoms. The van der Waals surface area contributed by atoms with Crippen molar-refractivity contribution >= 4 is 18.3 Å². The number of nitrogens with two attached hydrogens (primary N) is 1. The number of carbonyl (C=O) groups is 1. The third-order valence-electron chi connectivity index (χ3n) is 2.13. The number of methoxy groups -OCH3 is 1. The number of nitrogens with one attached hydrogen (secondary N) is 1. The number of ether oxygens (including phenoxy) is 1. The van der Waals surface area contributed by atoms with Crippen molar-refractivity contribution in [3.05, 3.63) is 29.6 Å². The van der Waals surface area contributed by atoms with Crippen LogP contribution in [-0.4, -0.2) is 25.1 Å². The van der Waals surface area contributed by atoms with Gasteiger partial charge in [-0.25, -0.2) is 4.39 Å². The smallest absolute Gasteiger partial charge is 0.254 e. The molecule has 0 saturated carbocycles. The van der Waals surface area contributed by atoms with E-state index in [1.54, 1.807) is 13.8 Å². The molecule has 0 aromatic heterocycles. The SMILES string of the molecule is COc1ccc(C(=O)NCC(C)(C)N)c(F)c1.Cl. The number of benzene rings is 1. The van der Waals surface area contributed by atoms with Gasteiger partial charge in [0.2, 0.25) is 0 Å². The molecule has 0 aliphatic carbocycles. The van der Waals surface area contributed by atoms with Crippen molar-refractivity contribution in [3.63, 3.8) is 0 Å². The Kier molecular flexibility index (Phi) is 6.08. The number of rotatable bonds is 4. The van der Waals surface area contributed by atoms with Crippen molar-refractivity contribution in [1.82, 2.24) is 5.32 Å². The molecule has 0 heterocycles. The van der Waals surface area contributed by atoms with Gasteiger partial charge in [0.15, 0.2) is 0 Å². The molecular formula is C12H18ClFN2O2. The molecule has 3 N–H and O–H groups in total. The molecule has 0 spiro atoms. The first-order valence-corrected chi connectivity index (χ1v) is 5.24. The Balaban J connectivity index is 0.00000289. The van der Waals surface area contributed by atoms with Gasteiger partial charge in [-0.2, -0.15) is 0 Å². The minimum atomic E-state index is -0.614. The average Bonchev–Trinajstić information content (AvgIpc) is 2.24. The summed E-state index contributed by atoms with van der Waals surface area (Å²) in [6.45, 7) is 3.83. The zero-order valence-electron chi connectivity index (χ0n) is 10.6. The molecule has 1 amide bonds. The van der Waals surface area contributed by atoms with Crippen molar-refractivity contribution in [1.29, 1.82) is 0 Å². The molecule has 0 saturated heterocycles.